The Kier molecular flexibility index (Phi) is 8.31. The maximum absolute atomic E-state index is 13.1. The Morgan fingerprint density at radius 3 is 2.51 bits per heavy atom. The van der Waals surface area contributed by atoms with E-state index in [0.717, 1.165) is 9.25 Å². The number of carbonyl (C=O) groups is 1. The number of pyridine rings is 1. The third-order valence-electron chi connectivity index (χ3n) is 6.21. The number of hydrogen-bond acceptors (Lipinski definition) is 7. The number of alkyl halides is 3. The van der Waals surface area contributed by atoms with E-state index in [1.165, 1.54) is 35.3 Å². The second-order valence-corrected chi connectivity index (χ2v) is 9.40. The predicted molar refractivity (Wildman–Crippen MR) is 135 cm³/mol. The van der Waals surface area contributed by atoms with Crippen molar-refractivity contribution in [3.63, 3.8) is 0 Å². The molecule has 0 aliphatic rings. The molecule has 0 bridgehead atoms. The molecule has 4 aromatic rings. The smallest absolute Gasteiger partial charge is 0.382 e. The standard InChI is InChI=1S/C25H25ClF3N7O3/c1-3-15(2)20(37)11-18-19(5-4-10-30-18)36-14-31-22(32-36)13-35-24(39)34(12-21(38)25(27,28)29)23(33-35)16-6-8-17(26)9-7-16/h4-10,14-15,21,38H,3,11-13H2,1-2H3/t15-,21-/m0/s1. The van der Waals surface area contributed by atoms with Crippen LogP contribution in [-0.4, -0.2) is 57.3 Å². The van der Waals surface area contributed by atoms with Crippen molar-refractivity contribution < 1.29 is 23.1 Å². The van der Waals surface area contributed by atoms with Crippen LogP contribution in [0.2, 0.25) is 5.02 Å². The van der Waals surface area contributed by atoms with Crippen LogP contribution in [0.5, 0.6) is 0 Å². The van der Waals surface area contributed by atoms with Gasteiger partial charge in [0.15, 0.2) is 17.8 Å². The van der Waals surface area contributed by atoms with Gasteiger partial charge in [0.05, 0.1) is 24.3 Å². The quantitative estimate of drug-likeness (QED) is 0.314. The van der Waals surface area contributed by atoms with Gasteiger partial charge in [0.25, 0.3) is 0 Å². The summed E-state index contributed by atoms with van der Waals surface area (Å²) in [6.07, 6.45) is -3.95. The predicted octanol–water partition coefficient (Wildman–Crippen LogP) is 3.47. The Labute approximate surface area is 225 Å². The van der Waals surface area contributed by atoms with E-state index in [2.05, 4.69) is 20.2 Å². The van der Waals surface area contributed by atoms with Gasteiger partial charge in [-0.1, -0.05) is 25.4 Å². The molecule has 14 heteroatoms. The molecular formula is C25H25ClF3N7O3. The van der Waals surface area contributed by atoms with Gasteiger partial charge in [-0.15, -0.1) is 10.2 Å². The Morgan fingerprint density at radius 1 is 1.13 bits per heavy atom. The number of aromatic nitrogens is 7. The first-order valence-electron chi connectivity index (χ1n) is 12.0. The number of Topliss-reactive ketones (excluding diaryl/α,β-unsaturated/α-hetero) is 1. The highest BCUT2D eigenvalue weighted by Crippen LogP contribution is 2.24. The Hall–Kier alpha value is -3.84. The van der Waals surface area contributed by atoms with Crippen LogP contribution in [0.25, 0.3) is 17.1 Å². The topological polar surface area (TPSA) is 121 Å². The molecule has 3 heterocycles. The minimum atomic E-state index is -4.93. The van der Waals surface area contributed by atoms with E-state index < -0.39 is 24.5 Å². The third kappa shape index (κ3) is 6.42. The fraction of sp³-hybridized carbons (Fsp3) is 0.360. The number of ketones is 1. The Balaban J connectivity index is 1.66. The van der Waals surface area contributed by atoms with Crippen molar-refractivity contribution in [3.05, 3.63) is 75.9 Å². The number of halogens is 4. The zero-order valence-corrected chi connectivity index (χ0v) is 21.8. The third-order valence-corrected chi connectivity index (χ3v) is 6.46. The highest BCUT2D eigenvalue weighted by Gasteiger charge is 2.39. The summed E-state index contributed by atoms with van der Waals surface area (Å²) >= 11 is 5.92. The number of hydrogen-bond donors (Lipinski definition) is 1. The molecule has 0 fully saturated rings. The van der Waals surface area contributed by atoms with Crippen LogP contribution in [0, 0.1) is 5.92 Å². The monoisotopic (exact) mass is 563 g/mol. The molecule has 0 unspecified atom stereocenters. The zero-order chi connectivity index (χ0) is 28.3. The lowest BCUT2D eigenvalue weighted by molar-refractivity contribution is -0.207. The highest BCUT2D eigenvalue weighted by atomic mass is 35.5. The summed E-state index contributed by atoms with van der Waals surface area (Å²) in [5, 5.41) is 18.6. The number of nitrogens with zero attached hydrogens (tertiary/aromatic N) is 7. The van der Waals surface area contributed by atoms with Crippen molar-refractivity contribution in [1.29, 1.82) is 0 Å². The SMILES string of the molecule is CC[C@H](C)C(=O)Cc1ncccc1-n1cnc(Cn2nc(-c3ccc(Cl)cc3)n(C[C@H](O)C(F)(F)F)c2=O)n1. The molecule has 0 amide bonds. The summed E-state index contributed by atoms with van der Waals surface area (Å²) in [5.41, 5.74) is 0.475. The molecule has 2 atom stereocenters. The van der Waals surface area contributed by atoms with Crippen LogP contribution in [0.1, 0.15) is 31.8 Å². The van der Waals surface area contributed by atoms with Gasteiger partial charge in [-0.3, -0.25) is 14.3 Å². The summed E-state index contributed by atoms with van der Waals surface area (Å²) < 4.78 is 42.3. The van der Waals surface area contributed by atoms with Gasteiger partial charge in [0.2, 0.25) is 0 Å². The molecular weight excluding hydrogens is 539 g/mol. The summed E-state index contributed by atoms with van der Waals surface area (Å²) in [6.45, 7) is 2.47. The van der Waals surface area contributed by atoms with Crippen molar-refractivity contribution in [2.75, 3.05) is 0 Å². The lowest BCUT2D eigenvalue weighted by atomic mass is 9.99. The van der Waals surface area contributed by atoms with Crippen molar-refractivity contribution >= 4 is 17.4 Å². The fourth-order valence-corrected chi connectivity index (χ4v) is 3.88. The molecule has 0 aliphatic heterocycles. The fourth-order valence-electron chi connectivity index (χ4n) is 3.76. The molecule has 0 spiro atoms. The number of aliphatic hydroxyl groups is 1. The zero-order valence-electron chi connectivity index (χ0n) is 21.0. The first kappa shape index (κ1) is 28.2. The van der Waals surface area contributed by atoms with E-state index in [0.29, 0.717) is 28.4 Å². The molecule has 0 saturated heterocycles. The first-order chi connectivity index (χ1) is 18.5. The number of benzene rings is 1. The van der Waals surface area contributed by atoms with Gasteiger partial charge in [0, 0.05) is 22.7 Å². The molecule has 0 radical (unpaired) electrons. The maximum Gasteiger partial charge on any atom is 0.416 e. The largest absolute Gasteiger partial charge is 0.416 e. The molecule has 3 aromatic heterocycles. The van der Waals surface area contributed by atoms with Gasteiger partial charge >= 0.3 is 11.9 Å². The van der Waals surface area contributed by atoms with Gasteiger partial charge in [-0.05, 0) is 42.8 Å². The Bertz CT molecular complexity index is 1510. The van der Waals surface area contributed by atoms with Crippen molar-refractivity contribution in [1.82, 2.24) is 34.1 Å². The average molecular weight is 564 g/mol. The van der Waals surface area contributed by atoms with Gasteiger partial charge in [-0.2, -0.15) is 13.2 Å². The van der Waals surface area contributed by atoms with E-state index in [1.807, 2.05) is 13.8 Å². The van der Waals surface area contributed by atoms with Crippen molar-refractivity contribution in [3.8, 4) is 17.1 Å². The Morgan fingerprint density at radius 2 is 1.85 bits per heavy atom. The van der Waals surface area contributed by atoms with Gasteiger partial charge < -0.3 is 5.11 Å². The van der Waals surface area contributed by atoms with Crippen LogP contribution in [0.3, 0.4) is 0 Å². The van der Waals surface area contributed by atoms with E-state index in [-0.39, 0.29) is 36.3 Å². The number of carbonyl (C=O) groups excluding carboxylic acids is 1. The van der Waals surface area contributed by atoms with Crippen LogP contribution in [-0.2, 0) is 24.3 Å². The minimum Gasteiger partial charge on any atom is -0.382 e. The summed E-state index contributed by atoms with van der Waals surface area (Å²) in [5.74, 6) is -0.0363. The van der Waals surface area contributed by atoms with Crippen molar-refractivity contribution in [2.45, 2.75) is 52.1 Å². The van der Waals surface area contributed by atoms with Crippen LogP contribution < -0.4 is 5.69 Å². The second kappa shape index (κ2) is 11.5. The van der Waals surface area contributed by atoms with Gasteiger partial charge in [-0.25, -0.2) is 19.1 Å². The normalized spacial score (nSPS) is 13.4. The maximum atomic E-state index is 13.1. The summed E-state index contributed by atoms with van der Waals surface area (Å²) in [6, 6.07) is 9.43. The second-order valence-electron chi connectivity index (χ2n) is 8.97. The van der Waals surface area contributed by atoms with Gasteiger partial charge in [0.1, 0.15) is 18.7 Å². The van der Waals surface area contributed by atoms with Crippen LogP contribution in [0.15, 0.2) is 53.7 Å². The average Bonchev–Trinajstić information content (AvgIpc) is 3.49. The minimum absolute atomic E-state index is 0.0330. The lowest BCUT2D eigenvalue weighted by Gasteiger charge is -2.15. The first-order valence-corrected chi connectivity index (χ1v) is 12.4. The van der Waals surface area contributed by atoms with Crippen molar-refractivity contribution in [2.24, 2.45) is 5.92 Å². The molecule has 39 heavy (non-hydrogen) atoms. The number of aliphatic hydroxyl groups excluding tert-OH is 1. The van der Waals surface area contributed by atoms with Crippen LogP contribution >= 0.6 is 11.6 Å². The van der Waals surface area contributed by atoms with E-state index >= 15 is 0 Å². The number of rotatable bonds is 10. The van der Waals surface area contributed by atoms with Crippen LogP contribution in [0.4, 0.5) is 13.2 Å². The molecule has 4 rings (SSSR count). The molecule has 0 aliphatic carbocycles. The van der Waals surface area contributed by atoms with E-state index in [1.54, 1.807) is 18.3 Å². The summed E-state index contributed by atoms with van der Waals surface area (Å²) in [7, 11) is 0. The van der Waals surface area contributed by atoms with E-state index in [9.17, 15) is 27.9 Å². The molecule has 1 N–H and O–H groups in total. The molecule has 206 valence electrons. The molecule has 10 nitrogen and oxygen atoms in total. The van der Waals surface area contributed by atoms with E-state index in [4.69, 9.17) is 11.6 Å². The summed E-state index contributed by atoms with van der Waals surface area (Å²) in [4.78, 5) is 34.1. The highest BCUT2D eigenvalue weighted by molar-refractivity contribution is 6.30. The lowest BCUT2D eigenvalue weighted by Crippen LogP contribution is -2.37. The molecule has 1 aromatic carbocycles. The molecule has 0 saturated carbocycles.